The number of carbonyl (C=O) groups is 1. The number of methoxy groups -OCH3 is 1. The fraction of sp³-hybridized carbons (Fsp3) is 0.500. The molecule has 0 spiro atoms. The SMILES string of the molecule is COC(CN)CC(=O)NCc1ccc(S(=O)(=O)N(C)C)cc1. The molecule has 8 heteroatoms. The largest absolute Gasteiger partial charge is 0.380 e. The smallest absolute Gasteiger partial charge is 0.242 e. The number of ether oxygens (including phenoxy) is 1. The van der Waals surface area contributed by atoms with Gasteiger partial charge in [0.25, 0.3) is 0 Å². The zero-order valence-corrected chi connectivity index (χ0v) is 13.9. The van der Waals surface area contributed by atoms with Gasteiger partial charge in [0.1, 0.15) is 0 Å². The van der Waals surface area contributed by atoms with Gasteiger partial charge in [-0.3, -0.25) is 4.79 Å². The molecule has 0 aliphatic rings. The van der Waals surface area contributed by atoms with E-state index < -0.39 is 10.0 Å². The van der Waals surface area contributed by atoms with Crippen LogP contribution in [0.25, 0.3) is 0 Å². The van der Waals surface area contributed by atoms with Crippen LogP contribution in [0, 0.1) is 0 Å². The maximum atomic E-state index is 11.9. The summed E-state index contributed by atoms with van der Waals surface area (Å²) in [7, 11) is 1.04. The van der Waals surface area contributed by atoms with Crippen molar-refractivity contribution < 1.29 is 17.9 Å². The summed E-state index contributed by atoms with van der Waals surface area (Å²) in [4.78, 5) is 11.9. The van der Waals surface area contributed by atoms with Crippen LogP contribution in [-0.4, -0.2) is 52.5 Å². The molecular formula is C14H23N3O4S. The molecule has 1 aromatic carbocycles. The van der Waals surface area contributed by atoms with Crippen molar-refractivity contribution in [3.63, 3.8) is 0 Å². The number of nitrogens with zero attached hydrogens (tertiary/aromatic N) is 1. The van der Waals surface area contributed by atoms with E-state index in [-0.39, 0.29) is 29.9 Å². The standard InChI is InChI=1S/C14H23N3O4S/c1-17(2)22(19,20)13-6-4-11(5-7-13)10-16-14(18)8-12(9-15)21-3/h4-7,12H,8-10,15H2,1-3H3,(H,16,18). The lowest BCUT2D eigenvalue weighted by Crippen LogP contribution is -2.31. The van der Waals surface area contributed by atoms with Crippen LogP contribution in [0.2, 0.25) is 0 Å². The van der Waals surface area contributed by atoms with Gasteiger partial charge in [0.2, 0.25) is 15.9 Å². The second-order valence-electron chi connectivity index (χ2n) is 5.01. The Balaban J connectivity index is 2.60. The summed E-state index contributed by atoms with van der Waals surface area (Å²) < 4.78 is 30.0. The molecule has 22 heavy (non-hydrogen) atoms. The number of hydrogen-bond donors (Lipinski definition) is 2. The van der Waals surface area contributed by atoms with Crippen molar-refractivity contribution in [3.8, 4) is 0 Å². The van der Waals surface area contributed by atoms with Crippen LogP contribution in [0.3, 0.4) is 0 Å². The average molecular weight is 329 g/mol. The van der Waals surface area contributed by atoms with Crippen LogP contribution < -0.4 is 11.1 Å². The molecule has 0 fully saturated rings. The van der Waals surface area contributed by atoms with E-state index in [1.54, 1.807) is 12.1 Å². The van der Waals surface area contributed by atoms with Gasteiger partial charge in [-0.2, -0.15) is 0 Å². The normalized spacial score (nSPS) is 13.1. The van der Waals surface area contributed by atoms with Crippen molar-refractivity contribution in [2.24, 2.45) is 5.73 Å². The predicted molar refractivity (Wildman–Crippen MR) is 83.6 cm³/mol. The highest BCUT2D eigenvalue weighted by molar-refractivity contribution is 7.89. The zero-order valence-electron chi connectivity index (χ0n) is 13.1. The Morgan fingerprint density at radius 1 is 1.32 bits per heavy atom. The minimum atomic E-state index is -3.43. The Morgan fingerprint density at radius 3 is 2.36 bits per heavy atom. The van der Waals surface area contributed by atoms with Gasteiger partial charge >= 0.3 is 0 Å². The Labute approximate surface area is 131 Å². The van der Waals surface area contributed by atoms with Crippen LogP contribution in [0.5, 0.6) is 0 Å². The molecule has 1 aromatic rings. The maximum absolute atomic E-state index is 11.9. The summed E-state index contributed by atoms with van der Waals surface area (Å²) in [6.07, 6.45) is -0.104. The van der Waals surface area contributed by atoms with Gasteiger partial charge in [0, 0.05) is 34.3 Å². The Kier molecular flexibility index (Phi) is 6.95. The maximum Gasteiger partial charge on any atom is 0.242 e. The molecule has 7 nitrogen and oxygen atoms in total. The van der Waals surface area contributed by atoms with Crippen molar-refractivity contribution in [1.29, 1.82) is 0 Å². The lowest BCUT2D eigenvalue weighted by molar-refractivity contribution is -0.123. The first-order valence-electron chi connectivity index (χ1n) is 6.82. The Hall–Kier alpha value is -1.48. The van der Waals surface area contributed by atoms with E-state index >= 15 is 0 Å². The molecule has 0 aliphatic carbocycles. The highest BCUT2D eigenvalue weighted by Crippen LogP contribution is 2.13. The molecule has 124 valence electrons. The van der Waals surface area contributed by atoms with E-state index in [1.165, 1.54) is 33.3 Å². The minimum absolute atomic E-state index is 0.165. The second kappa shape index (κ2) is 8.23. The number of sulfonamides is 1. The van der Waals surface area contributed by atoms with Gasteiger partial charge in [-0.25, -0.2) is 12.7 Å². The monoisotopic (exact) mass is 329 g/mol. The number of nitrogens with two attached hydrogens (primary N) is 1. The first-order valence-corrected chi connectivity index (χ1v) is 8.26. The number of rotatable bonds is 8. The predicted octanol–water partition coefficient (Wildman–Crippen LogP) is -0.0831. The molecule has 0 radical (unpaired) electrons. The minimum Gasteiger partial charge on any atom is -0.380 e. The Morgan fingerprint density at radius 2 is 1.91 bits per heavy atom. The van der Waals surface area contributed by atoms with Crippen molar-refractivity contribution >= 4 is 15.9 Å². The quantitative estimate of drug-likeness (QED) is 0.694. The van der Waals surface area contributed by atoms with E-state index in [2.05, 4.69) is 5.32 Å². The number of nitrogens with one attached hydrogen (secondary N) is 1. The molecule has 0 bridgehead atoms. The summed E-state index contributed by atoms with van der Waals surface area (Å²) in [6, 6.07) is 6.39. The fourth-order valence-corrected chi connectivity index (χ4v) is 2.63. The summed E-state index contributed by atoms with van der Waals surface area (Å²) in [5.74, 6) is -0.165. The van der Waals surface area contributed by atoms with Crippen molar-refractivity contribution in [2.75, 3.05) is 27.7 Å². The van der Waals surface area contributed by atoms with Crippen molar-refractivity contribution in [3.05, 3.63) is 29.8 Å². The number of carbonyl (C=O) groups excluding carboxylic acids is 1. The Bertz CT molecular complexity index is 581. The van der Waals surface area contributed by atoms with Gasteiger partial charge in [0.15, 0.2) is 0 Å². The molecule has 3 N–H and O–H groups in total. The summed E-state index contributed by atoms with van der Waals surface area (Å²) in [5, 5.41) is 2.74. The van der Waals surface area contributed by atoms with Crippen LogP contribution in [0.15, 0.2) is 29.2 Å². The number of hydrogen-bond acceptors (Lipinski definition) is 5. The molecule has 0 aromatic heterocycles. The lowest BCUT2D eigenvalue weighted by Gasteiger charge is -2.13. The zero-order chi connectivity index (χ0) is 16.8. The third kappa shape index (κ3) is 5.06. The third-order valence-corrected chi connectivity index (χ3v) is 5.03. The number of amides is 1. The fourth-order valence-electron chi connectivity index (χ4n) is 1.73. The molecule has 1 amide bonds. The molecule has 1 rings (SSSR count). The highest BCUT2D eigenvalue weighted by Gasteiger charge is 2.16. The average Bonchev–Trinajstić information content (AvgIpc) is 2.50. The van der Waals surface area contributed by atoms with Gasteiger partial charge in [-0.1, -0.05) is 12.1 Å². The molecule has 0 heterocycles. The summed E-state index contributed by atoms with van der Waals surface area (Å²) >= 11 is 0. The van der Waals surface area contributed by atoms with E-state index in [0.717, 1.165) is 9.87 Å². The molecular weight excluding hydrogens is 306 g/mol. The first-order chi connectivity index (χ1) is 10.3. The van der Waals surface area contributed by atoms with Crippen LogP contribution in [-0.2, 0) is 26.1 Å². The van der Waals surface area contributed by atoms with Crippen molar-refractivity contribution in [1.82, 2.24) is 9.62 Å². The van der Waals surface area contributed by atoms with Crippen molar-refractivity contribution in [2.45, 2.75) is 24.0 Å². The van der Waals surface area contributed by atoms with Crippen LogP contribution >= 0.6 is 0 Å². The van der Waals surface area contributed by atoms with Gasteiger partial charge in [-0.05, 0) is 17.7 Å². The highest BCUT2D eigenvalue weighted by atomic mass is 32.2. The third-order valence-electron chi connectivity index (χ3n) is 3.20. The molecule has 0 aliphatic heterocycles. The van der Waals surface area contributed by atoms with Gasteiger partial charge < -0.3 is 15.8 Å². The van der Waals surface area contributed by atoms with Gasteiger partial charge in [-0.15, -0.1) is 0 Å². The molecule has 0 saturated carbocycles. The van der Waals surface area contributed by atoms with Crippen LogP contribution in [0.1, 0.15) is 12.0 Å². The van der Waals surface area contributed by atoms with E-state index in [0.29, 0.717) is 6.54 Å². The summed E-state index contributed by atoms with van der Waals surface area (Å²) in [6.45, 7) is 0.600. The van der Waals surface area contributed by atoms with Gasteiger partial charge in [0.05, 0.1) is 17.4 Å². The van der Waals surface area contributed by atoms with E-state index in [9.17, 15) is 13.2 Å². The lowest BCUT2D eigenvalue weighted by atomic mass is 10.2. The first kappa shape index (κ1) is 18.6. The molecule has 0 saturated heterocycles. The summed E-state index contributed by atoms with van der Waals surface area (Å²) in [5.41, 5.74) is 6.27. The van der Waals surface area contributed by atoms with E-state index in [4.69, 9.17) is 10.5 Å². The molecule has 1 atom stereocenters. The molecule has 1 unspecified atom stereocenters. The van der Waals surface area contributed by atoms with Crippen LogP contribution in [0.4, 0.5) is 0 Å². The van der Waals surface area contributed by atoms with E-state index in [1.807, 2.05) is 0 Å². The topological polar surface area (TPSA) is 102 Å². The number of benzene rings is 1. The second-order valence-corrected chi connectivity index (χ2v) is 7.16.